The molecule has 0 aliphatic carbocycles. The van der Waals surface area contributed by atoms with Gasteiger partial charge in [0.2, 0.25) is 0 Å². The predicted octanol–water partition coefficient (Wildman–Crippen LogP) is 0.594. The Balaban J connectivity index is 2.18. The zero-order valence-electron chi connectivity index (χ0n) is 10.9. The number of carbonyl (C=O) groups excluding carboxylic acids is 1. The lowest BCUT2D eigenvalue weighted by molar-refractivity contribution is 0.0691. The van der Waals surface area contributed by atoms with E-state index in [1.54, 1.807) is 14.0 Å². The average molecular weight is 295 g/mol. The number of rotatable bonds is 5. The summed E-state index contributed by atoms with van der Waals surface area (Å²) in [5.74, 6) is -1.15. The Morgan fingerprint density at radius 1 is 1.55 bits per heavy atom. The third-order valence-electron chi connectivity index (χ3n) is 2.65. The molecule has 20 heavy (non-hydrogen) atoms. The summed E-state index contributed by atoms with van der Waals surface area (Å²) in [4.78, 5) is 26.1. The Morgan fingerprint density at radius 2 is 2.25 bits per heavy atom. The Bertz CT molecular complexity index is 676. The van der Waals surface area contributed by atoms with Gasteiger partial charge in [0, 0.05) is 12.4 Å². The molecule has 2 aromatic rings. The lowest BCUT2D eigenvalue weighted by Gasteiger charge is -2.06. The number of carbonyl (C=O) groups is 2. The number of aromatic carboxylic acids is 1. The van der Waals surface area contributed by atoms with E-state index in [1.807, 2.05) is 0 Å². The van der Waals surface area contributed by atoms with Gasteiger partial charge in [0.1, 0.15) is 16.4 Å². The molecule has 2 aromatic heterocycles. The molecule has 106 valence electrons. The fourth-order valence-corrected chi connectivity index (χ4v) is 2.51. The van der Waals surface area contributed by atoms with Crippen molar-refractivity contribution in [2.24, 2.45) is 12.8 Å². The molecule has 0 aliphatic rings. The van der Waals surface area contributed by atoms with Crippen molar-refractivity contribution in [2.75, 3.05) is 5.32 Å². The largest absolute Gasteiger partial charge is 0.476 e. The van der Waals surface area contributed by atoms with Crippen molar-refractivity contribution in [3.05, 3.63) is 27.3 Å². The fraction of sp³-hybridized carbons (Fsp3) is 0.273. The topological polar surface area (TPSA) is 123 Å². The predicted molar refractivity (Wildman–Crippen MR) is 72.9 cm³/mol. The lowest BCUT2D eigenvalue weighted by Crippen LogP contribution is -2.15. The van der Waals surface area contributed by atoms with Gasteiger partial charge in [-0.05, 0) is 6.92 Å². The normalized spacial score (nSPS) is 10.5. The van der Waals surface area contributed by atoms with Crippen LogP contribution in [0.1, 0.15) is 31.5 Å². The second-order valence-corrected chi connectivity index (χ2v) is 5.02. The molecule has 2 rings (SSSR count). The summed E-state index contributed by atoms with van der Waals surface area (Å²) >= 11 is 1.22. The van der Waals surface area contributed by atoms with Crippen molar-refractivity contribution in [2.45, 2.75) is 13.5 Å². The highest BCUT2D eigenvalue weighted by Crippen LogP contribution is 2.19. The molecule has 9 heteroatoms. The van der Waals surface area contributed by atoms with Crippen LogP contribution < -0.4 is 11.1 Å². The number of hydrogen-bond acceptors (Lipinski definition) is 6. The van der Waals surface area contributed by atoms with Crippen LogP contribution in [0, 0.1) is 6.92 Å². The molecule has 0 radical (unpaired) electrons. The van der Waals surface area contributed by atoms with Crippen LogP contribution >= 0.6 is 11.3 Å². The summed E-state index contributed by atoms with van der Waals surface area (Å²) in [6.07, 6.45) is 0. The molecular formula is C11H13N5O3S. The number of thiazole rings is 1. The number of carboxylic acid groups (broad SMARTS) is 1. The number of amides is 1. The van der Waals surface area contributed by atoms with E-state index in [2.05, 4.69) is 15.4 Å². The number of aryl methyl sites for hydroxylation is 2. The second-order valence-electron chi connectivity index (χ2n) is 4.08. The first kappa shape index (κ1) is 14.0. The number of carboxylic acids is 1. The number of nitrogens with two attached hydrogens (primary N) is 1. The highest BCUT2D eigenvalue weighted by Gasteiger charge is 2.18. The maximum atomic E-state index is 11.4. The van der Waals surface area contributed by atoms with Crippen molar-refractivity contribution >= 4 is 29.0 Å². The van der Waals surface area contributed by atoms with E-state index in [0.29, 0.717) is 22.1 Å². The number of nitrogens with one attached hydrogen (secondary N) is 1. The van der Waals surface area contributed by atoms with Crippen molar-refractivity contribution in [3.63, 3.8) is 0 Å². The molecule has 0 bridgehead atoms. The first-order chi connectivity index (χ1) is 9.40. The molecule has 0 saturated heterocycles. The van der Waals surface area contributed by atoms with Crippen molar-refractivity contribution < 1.29 is 14.7 Å². The van der Waals surface area contributed by atoms with Crippen LogP contribution in [0.25, 0.3) is 0 Å². The molecule has 0 saturated carbocycles. The van der Waals surface area contributed by atoms with Gasteiger partial charge in [0.05, 0.1) is 12.2 Å². The third-order valence-corrected chi connectivity index (χ3v) is 3.50. The molecule has 0 spiro atoms. The summed E-state index contributed by atoms with van der Waals surface area (Å²) in [7, 11) is 1.69. The number of hydrogen-bond donors (Lipinski definition) is 3. The Kier molecular flexibility index (Phi) is 3.70. The Hall–Kier alpha value is -2.42. The molecule has 1 amide bonds. The van der Waals surface area contributed by atoms with E-state index in [9.17, 15) is 9.59 Å². The highest BCUT2D eigenvalue weighted by atomic mass is 32.1. The number of nitrogens with zero attached hydrogens (tertiary/aromatic N) is 3. The summed E-state index contributed by atoms with van der Waals surface area (Å²) in [6.45, 7) is 1.98. The van der Waals surface area contributed by atoms with Gasteiger partial charge in [0.25, 0.3) is 5.91 Å². The second kappa shape index (κ2) is 5.29. The third kappa shape index (κ3) is 2.62. The van der Waals surface area contributed by atoms with Crippen LogP contribution in [0.3, 0.4) is 0 Å². The molecule has 0 aliphatic heterocycles. The van der Waals surface area contributed by atoms with Crippen molar-refractivity contribution in [1.82, 2.24) is 14.8 Å². The Morgan fingerprint density at radius 3 is 2.80 bits per heavy atom. The number of anilines is 1. The van der Waals surface area contributed by atoms with Crippen molar-refractivity contribution in [1.29, 1.82) is 0 Å². The van der Waals surface area contributed by atoms with Gasteiger partial charge in [-0.1, -0.05) is 0 Å². The number of aromatic nitrogens is 3. The highest BCUT2D eigenvalue weighted by molar-refractivity contribution is 7.09. The average Bonchev–Trinajstić information content (AvgIpc) is 2.91. The molecule has 0 fully saturated rings. The molecule has 4 N–H and O–H groups in total. The van der Waals surface area contributed by atoms with E-state index in [4.69, 9.17) is 10.8 Å². The molecule has 0 aromatic carbocycles. The molecule has 2 heterocycles. The zero-order valence-corrected chi connectivity index (χ0v) is 11.7. The van der Waals surface area contributed by atoms with Crippen LogP contribution in [-0.2, 0) is 13.6 Å². The monoisotopic (exact) mass is 295 g/mol. The minimum absolute atomic E-state index is 0.00288. The van der Waals surface area contributed by atoms with E-state index in [-0.39, 0.29) is 12.2 Å². The van der Waals surface area contributed by atoms with Crippen molar-refractivity contribution in [3.8, 4) is 0 Å². The van der Waals surface area contributed by atoms with Gasteiger partial charge >= 0.3 is 5.97 Å². The maximum absolute atomic E-state index is 11.4. The standard InChI is InChI=1S/C11H13N5O3S/c1-5-8(9(12)17)10(16(2)15-5)13-3-7-14-6(4-20-7)11(18)19/h4,13H,3H2,1-2H3,(H2,12,17)(H,18,19). The quantitative estimate of drug-likeness (QED) is 0.742. The van der Waals surface area contributed by atoms with Gasteiger partial charge < -0.3 is 16.2 Å². The van der Waals surface area contributed by atoms with E-state index in [0.717, 1.165) is 0 Å². The van der Waals surface area contributed by atoms with E-state index >= 15 is 0 Å². The minimum atomic E-state index is -1.07. The number of primary amides is 1. The van der Waals surface area contributed by atoms with Crippen LogP contribution in [0.2, 0.25) is 0 Å². The molecular weight excluding hydrogens is 282 g/mol. The fourth-order valence-electron chi connectivity index (χ4n) is 1.81. The van der Waals surface area contributed by atoms with Gasteiger partial charge in [-0.25, -0.2) is 9.78 Å². The summed E-state index contributed by atoms with van der Waals surface area (Å²) < 4.78 is 1.52. The van der Waals surface area contributed by atoms with E-state index < -0.39 is 11.9 Å². The smallest absolute Gasteiger partial charge is 0.355 e. The van der Waals surface area contributed by atoms with Crippen LogP contribution in [0.15, 0.2) is 5.38 Å². The van der Waals surface area contributed by atoms with Gasteiger partial charge in [-0.2, -0.15) is 5.10 Å². The zero-order chi connectivity index (χ0) is 14.9. The van der Waals surface area contributed by atoms with Crippen LogP contribution in [0.4, 0.5) is 5.82 Å². The minimum Gasteiger partial charge on any atom is -0.476 e. The van der Waals surface area contributed by atoms with E-state index in [1.165, 1.54) is 21.4 Å². The summed E-state index contributed by atoms with van der Waals surface area (Å²) in [5, 5.41) is 18.0. The molecule has 8 nitrogen and oxygen atoms in total. The first-order valence-corrected chi connectivity index (χ1v) is 6.53. The summed E-state index contributed by atoms with van der Waals surface area (Å²) in [5.41, 5.74) is 6.18. The first-order valence-electron chi connectivity index (χ1n) is 5.65. The molecule has 0 atom stereocenters. The van der Waals surface area contributed by atoms with Gasteiger partial charge in [0.15, 0.2) is 5.69 Å². The van der Waals surface area contributed by atoms with Gasteiger partial charge in [-0.15, -0.1) is 11.3 Å². The maximum Gasteiger partial charge on any atom is 0.355 e. The van der Waals surface area contributed by atoms with Crippen LogP contribution in [0.5, 0.6) is 0 Å². The van der Waals surface area contributed by atoms with Crippen LogP contribution in [-0.4, -0.2) is 31.7 Å². The summed E-state index contributed by atoms with van der Waals surface area (Å²) in [6, 6.07) is 0. The Labute approximate surface area is 118 Å². The molecule has 0 unspecified atom stereocenters. The SMILES string of the molecule is Cc1nn(C)c(NCc2nc(C(=O)O)cs2)c1C(N)=O. The lowest BCUT2D eigenvalue weighted by atomic mass is 10.2. The van der Waals surface area contributed by atoms with Gasteiger partial charge in [-0.3, -0.25) is 9.48 Å².